The van der Waals surface area contributed by atoms with Crippen molar-refractivity contribution < 1.29 is 9.53 Å². The highest BCUT2D eigenvalue weighted by Gasteiger charge is 2.28. The number of hydrogen-bond acceptors (Lipinski definition) is 3. The van der Waals surface area contributed by atoms with Gasteiger partial charge in [-0.05, 0) is 18.9 Å². The lowest BCUT2D eigenvalue weighted by Gasteiger charge is -2.24. The zero-order chi connectivity index (χ0) is 12.0. The van der Waals surface area contributed by atoms with E-state index in [1.54, 1.807) is 7.11 Å². The van der Waals surface area contributed by atoms with Crippen LogP contribution in [0.2, 0.25) is 0 Å². The first-order chi connectivity index (χ1) is 7.67. The first-order valence-electron chi connectivity index (χ1n) is 6.17. The van der Waals surface area contributed by atoms with Crippen molar-refractivity contribution in [3.05, 3.63) is 0 Å². The first kappa shape index (κ1) is 13.5. The van der Waals surface area contributed by atoms with Gasteiger partial charge >= 0.3 is 0 Å². The highest BCUT2D eigenvalue weighted by molar-refractivity contribution is 5.78. The summed E-state index contributed by atoms with van der Waals surface area (Å²) in [6, 6.07) is 0.263. The highest BCUT2D eigenvalue weighted by atomic mass is 16.5. The van der Waals surface area contributed by atoms with Crippen LogP contribution in [0, 0.1) is 5.92 Å². The van der Waals surface area contributed by atoms with Gasteiger partial charge in [0.15, 0.2) is 0 Å². The van der Waals surface area contributed by atoms with Crippen LogP contribution < -0.4 is 5.32 Å². The number of rotatable bonds is 7. The summed E-state index contributed by atoms with van der Waals surface area (Å²) in [7, 11) is 1.70. The van der Waals surface area contributed by atoms with Crippen LogP contribution in [0.15, 0.2) is 0 Å². The third kappa shape index (κ3) is 4.10. The van der Waals surface area contributed by atoms with E-state index >= 15 is 0 Å². The topological polar surface area (TPSA) is 41.6 Å². The van der Waals surface area contributed by atoms with Crippen LogP contribution in [-0.2, 0) is 9.53 Å². The monoisotopic (exact) mass is 228 g/mol. The van der Waals surface area contributed by atoms with Gasteiger partial charge in [0.1, 0.15) is 0 Å². The van der Waals surface area contributed by atoms with E-state index in [-0.39, 0.29) is 11.9 Å². The van der Waals surface area contributed by atoms with Crippen LogP contribution >= 0.6 is 0 Å². The van der Waals surface area contributed by atoms with Crippen LogP contribution in [0.5, 0.6) is 0 Å². The van der Waals surface area contributed by atoms with E-state index in [2.05, 4.69) is 19.2 Å². The number of nitrogens with zero attached hydrogens (tertiary/aromatic N) is 1. The Morgan fingerprint density at radius 3 is 2.88 bits per heavy atom. The van der Waals surface area contributed by atoms with Crippen LogP contribution in [0.4, 0.5) is 0 Å². The molecule has 94 valence electrons. The molecule has 2 unspecified atom stereocenters. The molecule has 2 atom stereocenters. The quantitative estimate of drug-likeness (QED) is 0.703. The van der Waals surface area contributed by atoms with Crippen molar-refractivity contribution in [1.82, 2.24) is 10.2 Å². The molecule has 0 aliphatic carbocycles. The molecule has 4 heteroatoms. The van der Waals surface area contributed by atoms with Gasteiger partial charge in [-0.3, -0.25) is 4.79 Å². The zero-order valence-corrected chi connectivity index (χ0v) is 10.7. The Bertz CT molecular complexity index is 221. The molecule has 1 heterocycles. The van der Waals surface area contributed by atoms with E-state index in [1.165, 1.54) is 0 Å². The fraction of sp³-hybridized carbons (Fsp3) is 0.917. The fourth-order valence-electron chi connectivity index (χ4n) is 2.14. The average molecular weight is 228 g/mol. The lowest BCUT2D eigenvalue weighted by atomic mass is 10.2. The summed E-state index contributed by atoms with van der Waals surface area (Å²) in [5.41, 5.74) is 0. The average Bonchev–Trinajstić information content (AvgIpc) is 2.54. The molecule has 0 aromatic rings. The van der Waals surface area contributed by atoms with Gasteiger partial charge in [0.2, 0.25) is 5.91 Å². The fourth-order valence-corrected chi connectivity index (χ4v) is 2.14. The molecule has 1 saturated heterocycles. The molecule has 1 aliphatic heterocycles. The van der Waals surface area contributed by atoms with Gasteiger partial charge in [0.25, 0.3) is 0 Å². The molecule has 1 aliphatic rings. The van der Waals surface area contributed by atoms with E-state index in [4.69, 9.17) is 4.74 Å². The molecule has 0 aromatic carbocycles. The highest BCUT2D eigenvalue weighted by Crippen LogP contribution is 2.16. The van der Waals surface area contributed by atoms with E-state index < -0.39 is 0 Å². The van der Waals surface area contributed by atoms with E-state index in [0.717, 1.165) is 26.1 Å². The molecule has 0 aromatic heterocycles. The normalized spacial score (nSPS) is 22.8. The first-order valence-corrected chi connectivity index (χ1v) is 6.17. The molecule has 0 radical (unpaired) electrons. The Balaban J connectivity index is 2.38. The summed E-state index contributed by atoms with van der Waals surface area (Å²) in [5, 5.41) is 3.41. The van der Waals surface area contributed by atoms with Crippen molar-refractivity contribution in [2.45, 2.75) is 32.7 Å². The largest absolute Gasteiger partial charge is 0.383 e. The molecule has 0 saturated carbocycles. The van der Waals surface area contributed by atoms with Gasteiger partial charge in [-0.15, -0.1) is 0 Å². The second-order valence-electron chi connectivity index (χ2n) is 4.71. The van der Waals surface area contributed by atoms with Crippen molar-refractivity contribution in [3.8, 4) is 0 Å². The molecule has 1 amide bonds. The minimum absolute atomic E-state index is 0.263. The Hall–Kier alpha value is -0.610. The van der Waals surface area contributed by atoms with E-state index in [9.17, 15) is 4.79 Å². The Morgan fingerprint density at radius 2 is 2.38 bits per heavy atom. The number of carbonyl (C=O) groups excluding carboxylic acids is 1. The molecule has 0 spiro atoms. The number of nitrogens with one attached hydrogen (secondary N) is 1. The minimum atomic E-state index is 0.263. The van der Waals surface area contributed by atoms with Crippen molar-refractivity contribution in [3.63, 3.8) is 0 Å². The summed E-state index contributed by atoms with van der Waals surface area (Å²) in [6.07, 6.45) is 1.80. The lowest BCUT2D eigenvalue weighted by molar-refractivity contribution is -0.128. The van der Waals surface area contributed by atoms with Crippen LogP contribution in [0.3, 0.4) is 0 Å². The summed E-state index contributed by atoms with van der Waals surface area (Å²) in [6.45, 7) is 7.58. The number of hydrogen-bond donors (Lipinski definition) is 1. The predicted octanol–water partition coefficient (Wildman–Crippen LogP) is 0.869. The second-order valence-corrected chi connectivity index (χ2v) is 4.71. The molecule has 1 fully saturated rings. The van der Waals surface area contributed by atoms with E-state index in [0.29, 0.717) is 18.9 Å². The van der Waals surface area contributed by atoms with Crippen LogP contribution in [0.25, 0.3) is 0 Å². The maximum Gasteiger partial charge on any atom is 0.222 e. The summed E-state index contributed by atoms with van der Waals surface area (Å²) >= 11 is 0. The second kappa shape index (κ2) is 6.86. The number of carbonyl (C=O) groups is 1. The molecular formula is C12H24N2O2. The van der Waals surface area contributed by atoms with Crippen molar-refractivity contribution in [1.29, 1.82) is 0 Å². The molecule has 4 nitrogen and oxygen atoms in total. The Morgan fingerprint density at radius 1 is 1.62 bits per heavy atom. The SMILES string of the molecule is CCCNC(COC)CN1CC(C)CC1=O. The van der Waals surface area contributed by atoms with Crippen LogP contribution in [-0.4, -0.2) is 50.2 Å². The standard InChI is InChI=1S/C12H24N2O2/c1-4-5-13-11(9-16-3)8-14-7-10(2)6-12(14)15/h10-11,13H,4-9H2,1-3H3. The van der Waals surface area contributed by atoms with Crippen molar-refractivity contribution >= 4 is 5.91 Å². The van der Waals surface area contributed by atoms with Crippen molar-refractivity contribution in [2.24, 2.45) is 5.92 Å². The van der Waals surface area contributed by atoms with Gasteiger partial charge in [0, 0.05) is 32.7 Å². The molecular weight excluding hydrogens is 204 g/mol. The maximum atomic E-state index is 11.7. The number of ether oxygens (including phenoxy) is 1. The van der Waals surface area contributed by atoms with Gasteiger partial charge in [-0.2, -0.15) is 0 Å². The predicted molar refractivity (Wildman–Crippen MR) is 64.3 cm³/mol. The van der Waals surface area contributed by atoms with Gasteiger partial charge < -0.3 is 15.0 Å². The third-order valence-electron chi connectivity index (χ3n) is 2.90. The van der Waals surface area contributed by atoms with Gasteiger partial charge in [-0.25, -0.2) is 0 Å². The third-order valence-corrected chi connectivity index (χ3v) is 2.90. The Kier molecular flexibility index (Phi) is 5.77. The van der Waals surface area contributed by atoms with Crippen LogP contribution in [0.1, 0.15) is 26.7 Å². The molecule has 0 bridgehead atoms. The number of methoxy groups -OCH3 is 1. The molecule has 1 N–H and O–H groups in total. The van der Waals surface area contributed by atoms with Gasteiger partial charge in [-0.1, -0.05) is 13.8 Å². The molecule has 1 rings (SSSR count). The number of amides is 1. The summed E-state index contributed by atoms with van der Waals surface area (Å²) in [4.78, 5) is 13.6. The summed E-state index contributed by atoms with van der Waals surface area (Å²) < 4.78 is 5.17. The number of likely N-dealkylation sites (tertiary alicyclic amines) is 1. The smallest absolute Gasteiger partial charge is 0.222 e. The van der Waals surface area contributed by atoms with Gasteiger partial charge in [0.05, 0.1) is 6.61 Å². The Labute approximate surface area is 98.3 Å². The lowest BCUT2D eigenvalue weighted by Crippen LogP contribution is -2.44. The van der Waals surface area contributed by atoms with E-state index in [1.807, 2.05) is 4.90 Å². The molecule has 16 heavy (non-hydrogen) atoms. The van der Waals surface area contributed by atoms with Crippen molar-refractivity contribution in [2.75, 3.05) is 33.4 Å². The summed E-state index contributed by atoms with van der Waals surface area (Å²) in [5.74, 6) is 0.786. The maximum absolute atomic E-state index is 11.7. The zero-order valence-electron chi connectivity index (χ0n) is 10.7. The minimum Gasteiger partial charge on any atom is -0.383 e.